The van der Waals surface area contributed by atoms with Crippen LogP contribution in [0.15, 0.2) is 46.9 Å². The Labute approximate surface area is 124 Å². The molecular weight excluding hydrogens is 330 g/mol. The first-order valence-corrected chi connectivity index (χ1v) is 6.67. The second-order valence-corrected chi connectivity index (χ2v) is 5.20. The van der Waals surface area contributed by atoms with E-state index in [1.54, 1.807) is 37.4 Å². The van der Waals surface area contributed by atoms with Crippen LogP contribution in [0.25, 0.3) is 0 Å². The predicted octanol–water partition coefficient (Wildman–Crippen LogP) is 4.36. The summed E-state index contributed by atoms with van der Waals surface area (Å²) in [5.41, 5.74) is 1.16. The van der Waals surface area contributed by atoms with Gasteiger partial charge in [-0.1, -0.05) is 33.6 Å². The van der Waals surface area contributed by atoms with Crippen molar-refractivity contribution in [1.29, 1.82) is 0 Å². The number of methoxy groups -OCH3 is 1. The maximum Gasteiger partial charge on any atom is 0.255 e. The monoisotopic (exact) mass is 339 g/mol. The van der Waals surface area contributed by atoms with Crippen molar-refractivity contribution in [3.05, 3.63) is 57.5 Å². The lowest BCUT2D eigenvalue weighted by Gasteiger charge is -2.07. The number of hydrogen-bond donors (Lipinski definition) is 1. The molecule has 3 nitrogen and oxygen atoms in total. The van der Waals surface area contributed by atoms with Crippen LogP contribution in [0.1, 0.15) is 10.4 Å². The summed E-state index contributed by atoms with van der Waals surface area (Å²) in [4.78, 5) is 12.1. The molecule has 0 aliphatic rings. The molecule has 0 radical (unpaired) electrons. The molecule has 0 saturated carbocycles. The molecule has 0 aliphatic heterocycles. The summed E-state index contributed by atoms with van der Waals surface area (Å²) >= 11 is 9.22. The lowest BCUT2D eigenvalue weighted by molar-refractivity contribution is 0.102. The van der Waals surface area contributed by atoms with Crippen molar-refractivity contribution in [2.75, 3.05) is 12.4 Å². The zero-order valence-electron chi connectivity index (χ0n) is 10.1. The molecule has 1 amide bonds. The van der Waals surface area contributed by atoms with Gasteiger partial charge in [-0.25, -0.2) is 0 Å². The van der Waals surface area contributed by atoms with Crippen molar-refractivity contribution in [2.24, 2.45) is 0 Å². The zero-order chi connectivity index (χ0) is 13.8. The maximum atomic E-state index is 12.1. The van der Waals surface area contributed by atoms with Crippen molar-refractivity contribution in [1.82, 2.24) is 0 Å². The highest BCUT2D eigenvalue weighted by Crippen LogP contribution is 2.21. The molecule has 1 N–H and O–H groups in total. The Morgan fingerprint density at radius 3 is 2.74 bits per heavy atom. The quantitative estimate of drug-likeness (QED) is 0.901. The van der Waals surface area contributed by atoms with Crippen molar-refractivity contribution in [3.63, 3.8) is 0 Å². The fourth-order valence-electron chi connectivity index (χ4n) is 1.59. The summed E-state index contributed by atoms with van der Waals surface area (Å²) in [5.74, 6) is 0.460. The Bertz CT molecular complexity index is 596. The molecule has 0 unspecified atom stereocenters. The molecule has 0 fully saturated rings. The summed E-state index contributed by atoms with van der Waals surface area (Å²) in [6.45, 7) is 0. The fourth-order valence-corrected chi connectivity index (χ4v) is 2.45. The van der Waals surface area contributed by atoms with E-state index >= 15 is 0 Å². The summed E-state index contributed by atoms with van der Waals surface area (Å²) in [7, 11) is 1.58. The van der Waals surface area contributed by atoms with Gasteiger partial charge in [0.05, 0.1) is 7.11 Å². The van der Waals surface area contributed by atoms with E-state index in [9.17, 15) is 4.79 Å². The molecule has 0 bridgehead atoms. The van der Waals surface area contributed by atoms with Gasteiger partial charge in [-0.15, -0.1) is 0 Å². The van der Waals surface area contributed by atoms with Crippen LogP contribution in [0.5, 0.6) is 5.75 Å². The van der Waals surface area contributed by atoms with Gasteiger partial charge in [0.15, 0.2) is 0 Å². The number of carbonyl (C=O) groups is 1. The van der Waals surface area contributed by atoms with Crippen molar-refractivity contribution >= 4 is 39.1 Å². The molecule has 0 spiro atoms. The topological polar surface area (TPSA) is 38.3 Å². The summed E-state index contributed by atoms with van der Waals surface area (Å²) in [6.07, 6.45) is 0. The molecule has 2 rings (SSSR count). The lowest BCUT2D eigenvalue weighted by atomic mass is 10.2. The average molecular weight is 341 g/mol. The van der Waals surface area contributed by atoms with Crippen LogP contribution in [0.3, 0.4) is 0 Å². The van der Waals surface area contributed by atoms with Gasteiger partial charge in [-0.05, 0) is 30.3 Å². The minimum Gasteiger partial charge on any atom is -0.497 e. The number of nitrogens with one attached hydrogen (secondary N) is 1. The second-order valence-electron chi connectivity index (χ2n) is 3.84. The number of carbonyl (C=O) groups excluding carboxylic acids is 1. The third-order valence-electron chi connectivity index (χ3n) is 2.45. The SMILES string of the molecule is COc1cccc(NC(=O)c2cc(Cl)cc(Br)c2)c1. The Morgan fingerprint density at radius 1 is 1.26 bits per heavy atom. The third-order valence-corrected chi connectivity index (χ3v) is 3.13. The molecule has 0 aliphatic carbocycles. The van der Waals surface area contributed by atoms with Crippen LogP contribution >= 0.6 is 27.5 Å². The van der Waals surface area contributed by atoms with Crippen LogP contribution in [0.4, 0.5) is 5.69 Å². The predicted molar refractivity (Wildman–Crippen MR) is 80.1 cm³/mol. The fraction of sp³-hybridized carbons (Fsp3) is 0.0714. The van der Waals surface area contributed by atoms with Gasteiger partial charge >= 0.3 is 0 Å². The minimum absolute atomic E-state index is 0.226. The van der Waals surface area contributed by atoms with Crippen LogP contribution in [-0.4, -0.2) is 13.0 Å². The third kappa shape index (κ3) is 3.72. The number of benzene rings is 2. The summed E-state index contributed by atoms with van der Waals surface area (Å²) in [5, 5.41) is 3.29. The highest BCUT2D eigenvalue weighted by atomic mass is 79.9. The van der Waals surface area contributed by atoms with Crippen LogP contribution in [0.2, 0.25) is 5.02 Å². The molecule has 0 saturated heterocycles. The van der Waals surface area contributed by atoms with Gasteiger partial charge in [-0.3, -0.25) is 4.79 Å². The van der Waals surface area contributed by atoms with Gasteiger partial charge in [0, 0.05) is 26.8 Å². The highest BCUT2D eigenvalue weighted by Gasteiger charge is 2.08. The van der Waals surface area contributed by atoms with E-state index in [-0.39, 0.29) is 5.91 Å². The van der Waals surface area contributed by atoms with E-state index in [1.807, 2.05) is 12.1 Å². The first-order valence-electron chi connectivity index (χ1n) is 5.50. The van der Waals surface area contributed by atoms with Crippen LogP contribution < -0.4 is 10.1 Å². The molecule has 0 aromatic heterocycles. The second kappa shape index (κ2) is 6.08. The van der Waals surface area contributed by atoms with Crippen LogP contribution in [0, 0.1) is 0 Å². The van der Waals surface area contributed by atoms with E-state index < -0.39 is 0 Å². The Kier molecular flexibility index (Phi) is 4.45. The van der Waals surface area contributed by atoms with Gasteiger partial charge in [0.1, 0.15) is 5.75 Å². The number of ether oxygens (including phenoxy) is 1. The Balaban J connectivity index is 2.20. The molecule has 98 valence electrons. The van der Waals surface area contributed by atoms with E-state index in [4.69, 9.17) is 16.3 Å². The van der Waals surface area contributed by atoms with E-state index in [0.717, 1.165) is 4.47 Å². The first kappa shape index (κ1) is 13.9. The van der Waals surface area contributed by atoms with Gasteiger partial charge in [-0.2, -0.15) is 0 Å². The Hall–Kier alpha value is -1.52. The highest BCUT2D eigenvalue weighted by molar-refractivity contribution is 9.10. The number of anilines is 1. The maximum absolute atomic E-state index is 12.1. The molecule has 5 heteroatoms. The van der Waals surface area contributed by atoms with E-state index in [1.165, 1.54) is 0 Å². The van der Waals surface area contributed by atoms with Crippen molar-refractivity contribution in [3.8, 4) is 5.75 Å². The standard InChI is InChI=1S/C14H11BrClNO2/c1-19-13-4-2-3-12(8-13)17-14(18)9-5-10(15)7-11(16)6-9/h2-8H,1H3,(H,17,18). The van der Waals surface area contributed by atoms with Gasteiger partial charge < -0.3 is 10.1 Å². The number of rotatable bonds is 3. The van der Waals surface area contributed by atoms with Crippen LogP contribution in [-0.2, 0) is 0 Å². The summed E-state index contributed by atoms with van der Waals surface area (Å²) in [6, 6.07) is 12.2. The zero-order valence-corrected chi connectivity index (χ0v) is 12.5. The smallest absolute Gasteiger partial charge is 0.255 e. The van der Waals surface area contributed by atoms with Crippen molar-refractivity contribution < 1.29 is 9.53 Å². The molecule has 0 heterocycles. The minimum atomic E-state index is -0.226. The summed E-state index contributed by atoms with van der Waals surface area (Å²) < 4.78 is 5.86. The normalized spacial score (nSPS) is 10.1. The molecule has 19 heavy (non-hydrogen) atoms. The van der Waals surface area contributed by atoms with Gasteiger partial charge in [0.25, 0.3) is 5.91 Å². The van der Waals surface area contributed by atoms with E-state index in [2.05, 4.69) is 21.2 Å². The first-order chi connectivity index (χ1) is 9.08. The van der Waals surface area contributed by atoms with Gasteiger partial charge in [0.2, 0.25) is 0 Å². The largest absolute Gasteiger partial charge is 0.497 e. The van der Waals surface area contributed by atoms with Crippen molar-refractivity contribution in [2.45, 2.75) is 0 Å². The molecule has 2 aromatic rings. The number of amides is 1. The number of halogens is 2. The molecule has 2 aromatic carbocycles. The average Bonchev–Trinajstić information content (AvgIpc) is 2.37. The lowest BCUT2D eigenvalue weighted by Crippen LogP contribution is -2.11. The Morgan fingerprint density at radius 2 is 2.05 bits per heavy atom. The molecule has 0 atom stereocenters. The molecular formula is C14H11BrClNO2. The van der Waals surface area contributed by atoms with E-state index in [0.29, 0.717) is 22.0 Å². The number of hydrogen-bond acceptors (Lipinski definition) is 2.